The molecule has 0 aliphatic carbocycles. The fourth-order valence-electron chi connectivity index (χ4n) is 9.68. The van der Waals surface area contributed by atoms with Crippen LogP contribution in [-0.2, 0) is 0 Å². The summed E-state index contributed by atoms with van der Waals surface area (Å²) >= 11 is 3.96. The van der Waals surface area contributed by atoms with Crippen molar-refractivity contribution in [3.05, 3.63) is 93.5 Å². The second-order valence-electron chi connectivity index (χ2n) is 16.9. The lowest BCUT2D eigenvalue weighted by atomic mass is 9.88. The molecule has 0 N–H and O–H groups in total. The molecule has 4 aliphatic rings. The first kappa shape index (κ1) is 41.3. The molecular formula is C47H67N5S2. The van der Waals surface area contributed by atoms with Gasteiger partial charge in [-0.05, 0) is 189 Å². The quantitative estimate of drug-likeness (QED) is 0.201. The number of nitrogens with zero attached hydrogens (tertiary/aromatic N) is 5. The molecule has 0 radical (unpaired) electrons. The van der Waals surface area contributed by atoms with Crippen molar-refractivity contribution in [2.24, 2.45) is 5.92 Å². The summed E-state index contributed by atoms with van der Waals surface area (Å²) in [5.74, 6) is 1.55. The van der Waals surface area contributed by atoms with Crippen LogP contribution < -0.4 is 0 Å². The highest BCUT2D eigenvalue weighted by Gasteiger charge is 2.30. The molecule has 0 spiro atoms. The Morgan fingerprint density at radius 2 is 0.963 bits per heavy atom. The summed E-state index contributed by atoms with van der Waals surface area (Å²) < 4.78 is 5.17. The van der Waals surface area contributed by atoms with E-state index < -0.39 is 0 Å². The Labute approximate surface area is 337 Å². The first-order valence-corrected chi connectivity index (χ1v) is 22.6. The van der Waals surface area contributed by atoms with Crippen molar-refractivity contribution in [1.29, 1.82) is 5.26 Å². The minimum atomic E-state index is 0.734. The summed E-state index contributed by atoms with van der Waals surface area (Å²) in [5, 5.41) is 8.76. The first-order chi connectivity index (χ1) is 26.2. The van der Waals surface area contributed by atoms with Crippen LogP contribution in [-0.4, -0.2) is 82.9 Å². The highest BCUT2D eigenvalue weighted by atomic mass is 32.2. The molecule has 5 nitrogen and oxygen atoms in total. The Bertz CT molecular complexity index is 1610. The number of nitriles is 1. The molecule has 4 saturated heterocycles. The topological polar surface area (TPSA) is 36.8 Å². The molecule has 54 heavy (non-hydrogen) atoms. The van der Waals surface area contributed by atoms with E-state index >= 15 is 0 Å². The maximum atomic E-state index is 8.76. The van der Waals surface area contributed by atoms with Crippen molar-refractivity contribution < 1.29 is 0 Å². The van der Waals surface area contributed by atoms with Crippen LogP contribution in [0.15, 0.2) is 64.4 Å². The summed E-state index contributed by atoms with van der Waals surface area (Å²) in [6.07, 6.45) is 12.3. The predicted molar refractivity (Wildman–Crippen MR) is 231 cm³/mol. The van der Waals surface area contributed by atoms with Gasteiger partial charge >= 0.3 is 0 Å². The van der Waals surface area contributed by atoms with Gasteiger partial charge in [-0.25, -0.2) is 8.61 Å². The van der Waals surface area contributed by atoms with E-state index in [-0.39, 0.29) is 0 Å². The molecule has 0 saturated carbocycles. The molecule has 0 amide bonds. The molecule has 4 fully saturated rings. The number of hydrogen-bond acceptors (Lipinski definition) is 7. The van der Waals surface area contributed by atoms with Gasteiger partial charge in [0.05, 0.1) is 6.07 Å². The molecule has 7 rings (SSSR count). The number of rotatable bonds is 9. The minimum absolute atomic E-state index is 0.734. The van der Waals surface area contributed by atoms with Gasteiger partial charge in [-0.15, -0.1) is 0 Å². The molecule has 4 heterocycles. The molecule has 4 aliphatic heterocycles. The van der Waals surface area contributed by atoms with Crippen LogP contribution in [0.1, 0.15) is 109 Å². The van der Waals surface area contributed by atoms with Crippen LogP contribution >= 0.6 is 23.9 Å². The SMILES string of the molecule is Cc1cc(C)c(SN2CCC(N3CCC(CCC#N)CC3)CC2)c(C)c1.Cc1cc(C)c(SN2CCC(N3CCC(c4ccccc4)CC3)CC2)c(C)c1. The van der Waals surface area contributed by atoms with Gasteiger partial charge in [0.2, 0.25) is 0 Å². The van der Waals surface area contributed by atoms with Gasteiger partial charge in [-0.1, -0.05) is 65.7 Å². The van der Waals surface area contributed by atoms with E-state index in [2.05, 4.69) is 121 Å². The fraction of sp³-hybridized carbons (Fsp3) is 0.596. The number of benzene rings is 3. The lowest BCUT2D eigenvalue weighted by Crippen LogP contribution is -2.46. The van der Waals surface area contributed by atoms with E-state index in [1.165, 1.54) is 152 Å². The highest BCUT2D eigenvalue weighted by Crippen LogP contribution is 2.36. The lowest BCUT2D eigenvalue weighted by molar-refractivity contribution is 0.0972. The fourth-order valence-corrected chi connectivity index (χ4v) is 11.8. The zero-order valence-corrected chi connectivity index (χ0v) is 35.9. The Balaban J connectivity index is 0.000000185. The Morgan fingerprint density at radius 1 is 0.556 bits per heavy atom. The van der Waals surface area contributed by atoms with Gasteiger partial charge in [-0.2, -0.15) is 5.26 Å². The van der Waals surface area contributed by atoms with E-state index in [0.717, 1.165) is 36.8 Å². The van der Waals surface area contributed by atoms with E-state index in [1.54, 1.807) is 0 Å². The maximum absolute atomic E-state index is 8.76. The molecule has 292 valence electrons. The van der Waals surface area contributed by atoms with E-state index in [1.807, 2.05) is 23.9 Å². The van der Waals surface area contributed by atoms with Crippen LogP contribution in [0.3, 0.4) is 0 Å². The smallest absolute Gasteiger partial charge is 0.0621 e. The number of likely N-dealkylation sites (tertiary alicyclic amines) is 2. The summed E-state index contributed by atoms with van der Waals surface area (Å²) in [6.45, 7) is 23.2. The van der Waals surface area contributed by atoms with Crippen LogP contribution in [0, 0.1) is 58.8 Å². The van der Waals surface area contributed by atoms with Gasteiger partial charge in [0.1, 0.15) is 0 Å². The Morgan fingerprint density at radius 3 is 1.37 bits per heavy atom. The summed E-state index contributed by atoms with van der Waals surface area (Å²) in [6, 6.07) is 24.2. The van der Waals surface area contributed by atoms with Crippen LogP contribution in [0.25, 0.3) is 0 Å². The number of piperidine rings is 4. The summed E-state index contributed by atoms with van der Waals surface area (Å²) in [4.78, 5) is 8.43. The average molecular weight is 766 g/mol. The monoisotopic (exact) mass is 765 g/mol. The molecule has 0 aromatic heterocycles. The second kappa shape index (κ2) is 20.2. The van der Waals surface area contributed by atoms with Crippen LogP contribution in [0.5, 0.6) is 0 Å². The molecule has 7 heteroatoms. The maximum Gasteiger partial charge on any atom is 0.0621 e. The Hall–Kier alpha value is -2.31. The van der Waals surface area contributed by atoms with Crippen molar-refractivity contribution in [2.45, 2.75) is 134 Å². The van der Waals surface area contributed by atoms with E-state index in [9.17, 15) is 0 Å². The first-order valence-electron chi connectivity index (χ1n) is 21.1. The lowest BCUT2D eigenvalue weighted by Gasteiger charge is -2.41. The number of hydrogen-bond donors (Lipinski definition) is 0. The Kier molecular flexibility index (Phi) is 15.5. The minimum Gasteiger partial charge on any atom is -0.300 e. The third-order valence-corrected chi connectivity index (χ3v) is 15.5. The molecule has 3 aromatic rings. The zero-order valence-electron chi connectivity index (χ0n) is 34.3. The highest BCUT2D eigenvalue weighted by molar-refractivity contribution is 7.97. The molecule has 3 aromatic carbocycles. The summed E-state index contributed by atoms with van der Waals surface area (Å²) in [7, 11) is 0. The van der Waals surface area contributed by atoms with Gasteiger partial charge in [0.25, 0.3) is 0 Å². The van der Waals surface area contributed by atoms with Crippen molar-refractivity contribution in [3.63, 3.8) is 0 Å². The van der Waals surface area contributed by atoms with Crippen molar-refractivity contribution in [3.8, 4) is 6.07 Å². The molecule has 0 atom stereocenters. The van der Waals surface area contributed by atoms with Gasteiger partial charge in [0.15, 0.2) is 0 Å². The molecule has 0 unspecified atom stereocenters. The number of aryl methyl sites for hydroxylation is 6. The average Bonchev–Trinajstić information content (AvgIpc) is 3.18. The standard InChI is InChI=1S/C25H34N2S.C22H33N3S/c1-19-17-20(2)25(21(3)18-19)28-27-15-11-24(12-16-27)26-13-9-23(10-14-26)22-7-5-4-6-8-22;1-17-15-18(2)22(19(3)16-17)26-25-13-8-21(9-14-25)24-11-6-20(7-12-24)5-4-10-23/h4-8,17-18,23-24H,9-16H2,1-3H3;15-16,20-21H,4-9,11-14H2,1-3H3. The van der Waals surface area contributed by atoms with Crippen LogP contribution in [0.2, 0.25) is 0 Å². The predicted octanol–water partition coefficient (Wildman–Crippen LogP) is 11.1. The third-order valence-electron chi connectivity index (χ3n) is 12.6. The summed E-state index contributed by atoms with van der Waals surface area (Å²) in [5.41, 5.74) is 9.94. The largest absolute Gasteiger partial charge is 0.300 e. The zero-order chi connectivity index (χ0) is 38.0. The van der Waals surface area contributed by atoms with E-state index in [4.69, 9.17) is 5.26 Å². The third kappa shape index (κ3) is 11.4. The van der Waals surface area contributed by atoms with Crippen molar-refractivity contribution in [2.75, 3.05) is 52.4 Å². The van der Waals surface area contributed by atoms with E-state index in [0.29, 0.717) is 0 Å². The molecular weight excluding hydrogens is 699 g/mol. The molecule has 0 bridgehead atoms. The van der Waals surface area contributed by atoms with Gasteiger partial charge in [-0.3, -0.25) is 0 Å². The van der Waals surface area contributed by atoms with Gasteiger partial charge in [0, 0.05) is 54.5 Å². The second-order valence-corrected chi connectivity index (χ2v) is 19.1. The van der Waals surface area contributed by atoms with Crippen molar-refractivity contribution in [1.82, 2.24) is 18.4 Å². The van der Waals surface area contributed by atoms with Crippen LogP contribution in [0.4, 0.5) is 0 Å². The normalized spacial score (nSPS) is 20.8. The van der Waals surface area contributed by atoms with Gasteiger partial charge < -0.3 is 9.80 Å². The van der Waals surface area contributed by atoms with Crippen molar-refractivity contribution >= 4 is 23.9 Å².